The second kappa shape index (κ2) is 47.6. The molecule has 10 rings (SSSR count). The molecule has 598 valence electrons. The molecular weight excluding hydrogens is 1670 g/mol. The molecule has 0 aromatic heterocycles. The van der Waals surface area contributed by atoms with E-state index in [4.69, 9.17) is 29.5 Å². The summed E-state index contributed by atoms with van der Waals surface area (Å²) >= 11 is 6.17. The maximum absolute atomic E-state index is 12.2. The van der Waals surface area contributed by atoms with Gasteiger partial charge in [0.25, 0.3) is 0 Å². The second-order valence-corrected chi connectivity index (χ2v) is 28.7. The minimum atomic E-state index is -10.7. The summed E-state index contributed by atoms with van der Waals surface area (Å²) in [5, 5.41) is 60.2. The van der Waals surface area contributed by atoms with Crippen molar-refractivity contribution in [2.45, 2.75) is 70.1 Å². The van der Waals surface area contributed by atoms with E-state index in [9.17, 15) is 60.6 Å². The number of allylic oxidation sites excluding steroid dienone is 10. The zero-order chi connectivity index (χ0) is 78.9. The van der Waals surface area contributed by atoms with Crippen LogP contribution in [0.5, 0.6) is 23.0 Å². The van der Waals surface area contributed by atoms with Crippen molar-refractivity contribution in [3.63, 3.8) is 0 Å². The maximum atomic E-state index is 12.2. The van der Waals surface area contributed by atoms with Gasteiger partial charge >= 0.3 is 117 Å². The van der Waals surface area contributed by atoms with Crippen molar-refractivity contribution in [1.82, 2.24) is 0 Å². The largest absolute Gasteiger partial charge is 2.00 e. The van der Waals surface area contributed by atoms with Gasteiger partial charge in [0.15, 0.2) is 0 Å². The number of thioether (sulfide) groups is 1. The van der Waals surface area contributed by atoms with E-state index in [0.29, 0.717) is 55.9 Å². The maximum Gasteiger partial charge on any atom is 2.00 e. The Morgan fingerprint density at radius 2 is 0.793 bits per heavy atom. The molecule has 0 atom stereocenters. The molecule has 111 heavy (non-hydrogen) atoms. The fraction of sp³-hybridized carbons (Fsp3) is 0.231. The summed E-state index contributed by atoms with van der Waals surface area (Å²) < 4.78 is 141. The van der Waals surface area contributed by atoms with Gasteiger partial charge in [0.1, 0.15) is 23.0 Å². The van der Waals surface area contributed by atoms with Gasteiger partial charge in [0.2, 0.25) is 0 Å². The summed E-state index contributed by atoms with van der Waals surface area (Å²) in [6.07, 6.45) is 22.5. The average molecular weight is 1750 g/mol. The number of azo groups is 2. The minimum Gasteiger partial charge on any atom is -0.214 e. The van der Waals surface area contributed by atoms with Crippen LogP contribution in [0.2, 0.25) is 0 Å². The Morgan fingerprint density at radius 1 is 0.450 bits per heavy atom. The molecule has 14 nitrogen and oxygen atoms in total. The number of aryl methyl sites for hydroxylation is 2. The van der Waals surface area contributed by atoms with Crippen LogP contribution in [0.4, 0.5) is 84.5 Å². The number of rotatable bonds is 31. The first-order valence-electron chi connectivity index (χ1n) is 33.5. The first kappa shape index (κ1) is 98.4. The molecule has 0 N–H and O–H groups in total. The fourth-order valence-corrected chi connectivity index (χ4v) is 10.3. The molecule has 0 unspecified atom stereocenters. The zero-order valence-corrected chi connectivity index (χ0v) is 66.7. The summed E-state index contributed by atoms with van der Waals surface area (Å²) in [5.74, 6) is 4.47. The average Bonchev–Trinajstić information content (AvgIpc) is 1.05. The summed E-state index contributed by atoms with van der Waals surface area (Å²) in [5.41, 5.74) is 7.75. The van der Waals surface area contributed by atoms with E-state index < -0.39 is 15.6 Å². The van der Waals surface area contributed by atoms with Crippen molar-refractivity contribution in [3.8, 4) is 35.1 Å². The van der Waals surface area contributed by atoms with Gasteiger partial charge in [-0.3, -0.25) is 0 Å². The number of anilines is 2. The Morgan fingerprint density at radius 3 is 1.13 bits per heavy atom. The minimum absolute atomic E-state index is 0. The molecule has 0 saturated heterocycles. The van der Waals surface area contributed by atoms with E-state index in [2.05, 4.69) is 57.4 Å². The predicted octanol–water partition coefficient (Wildman–Crippen LogP) is 26.2. The number of thiol groups is 1. The molecule has 2 aliphatic carbocycles. The summed E-state index contributed by atoms with van der Waals surface area (Å²) in [7, 11) is -21.3. The van der Waals surface area contributed by atoms with Crippen molar-refractivity contribution < 1.29 is 131 Å². The van der Waals surface area contributed by atoms with Crippen molar-refractivity contribution in [2.75, 3.05) is 60.7 Å². The third-order valence-electron chi connectivity index (χ3n) is 14.3. The third kappa shape index (κ3) is 48.7. The van der Waals surface area contributed by atoms with E-state index in [1.54, 1.807) is 48.6 Å². The van der Waals surface area contributed by atoms with Crippen LogP contribution >= 0.6 is 40.0 Å². The van der Waals surface area contributed by atoms with Gasteiger partial charge in [-0.1, -0.05) is 92.5 Å². The van der Waals surface area contributed by atoms with E-state index in [1.165, 1.54) is 43.4 Å². The third-order valence-corrected chi connectivity index (χ3v) is 15.7. The van der Waals surface area contributed by atoms with Crippen LogP contribution in [-0.4, -0.2) is 50.9 Å². The molecule has 0 aliphatic heterocycles. The predicted molar refractivity (Wildman–Crippen MR) is 408 cm³/mol. The number of hydrogen-bond acceptors (Lipinski definition) is 16. The van der Waals surface area contributed by atoms with Crippen molar-refractivity contribution in [1.29, 1.82) is 10.5 Å². The molecule has 0 bridgehead atoms. The molecule has 8 aromatic rings. The van der Waals surface area contributed by atoms with Crippen LogP contribution in [0, 0.1) is 36.5 Å². The Kier molecular flexibility index (Phi) is 42.2. The molecular formula is C78H80F12Fe3N8O6P2S2. The fourth-order valence-electron chi connectivity index (χ4n) is 9.19. The smallest absolute Gasteiger partial charge is 0.214 e. The number of ether oxygens (including phenoxy) is 4. The van der Waals surface area contributed by atoms with E-state index in [0.717, 1.165) is 74.1 Å². The monoisotopic (exact) mass is 1750 g/mol. The molecule has 0 radical (unpaired) electrons. The first-order chi connectivity index (χ1) is 51.1. The van der Waals surface area contributed by atoms with Gasteiger partial charge in [-0.2, -0.15) is 80.0 Å². The van der Waals surface area contributed by atoms with Crippen molar-refractivity contribution >= 4 is 74.1 Å². The number of nitriles is 2. The van der Waals surface area contributed by atoms with Crippen LogP contribution in [0.1, 0.15) is 62.5 Å². The summed E-state index contributed by atoms with van der Waals surface area (Å²) in [4.78, 5) is 5.33. The molecule has 0 spiro atoms. The van der Waals surface area contributed by atoms with Crippen molar-refractivity contribution in [3.05, 3.63) is 283 Å². The molecule has 0 saturated carbocycles. The molecule has 33 heteroatoms. The molecule has 0 heterocycles. The number of benzene rings is 6. The van der Waals surface area contributed by atoms with E-state index in [1.807, 2.05) is 223 Å². The van der Waals surface area contributed by atoms with Crippen LogP contribution in [0.15, 0.2) is 297 Å². The van der Waals surface area contributed by atoms with E-state index >= 15 is 0 Å². The molecule has 2 aliphatic rings. The SMILES string of the molecule is Cc1cc(N(CCC#N)CCOC([O-])=C2C=CC=C2)ccc1N=Nc1ccc(Oc2ccc(SCCCCCCCCS)cc2)cc1.Cc1cc(N(CCC#N)CCOC([O-])=C2C=CC=C2)ccc1N=Nc1ccc(Oc2ccccc2)cc1.F[P-](F)(F)(F)(F)F.F[P-](F)(F)(F)(F)F.[Fe+2].[Fe+2].[Fe+2].c1cc[cH-]c1.c1cc[cH-]c1. The number of hydrogen-bond donors (Lipinski definition) is 1. The van der Waals surface area contributed by atoms with Crippen LogP contribution in [0.3, 0.4) is 0 Å². The van der Waals surface area contributed by atoms with Crippen molar-refractivity contribution in [2.24, 2.45) is 20.5 Å². The topological polar surface area (TPSA) is 187 Å². The second-order valence-electron chi connectivity index (χ2n) is 23.3. The van der Waals surface area contributed by atoms with Gasteiger partial charge in [0.05, 0.1) is 59.6 Å². The number of halogens is 12. The van der Waals surface area contributed by atoms with Crippen LogP contribution in [0.25, 0.3) is 0 Å². The number of unbranched alkanes of at least 4 members (excludes halogenated alkanes) is 5. The normalized spacial score (nSPS) is 12.8. The quantitative estimate of drug-likeness (QED) is 0.00501. The van der Waals surface area contributed by atoms with Crippen LogP contribution < -0.4 is 29.5 Å². The summed E-state index contributed by atoms with van der Waals surface area (Å²) in [6.45, 7) is 6.39. The Bertz CT molecular complexity index is 4230. The molecule has 8 aromatic carbocycles. The van der Waals surface area contributed by atoms with Gasteiger partial charge in [-0.25, -0.2) is 24.3 Å². The van der Waals surface area contributed by atoms with Gasteiger partial charge < -0.3 is 39.0 Å². The van der Waals surface area contributed by atoms with Gasteiger partial charge in [0, 0.05) is 55.7 Å². The Balaban J connectivity index is 0.000000572. The standard InChI is InChI=1S/C38H44N4O3S2.C30H28N4O3.2C5H5.2F6P.3Fe/c1-30-29-33(42(24-10-23-39)25-26-44-38(43)31-11-6-7-12-31)15-22-37(30)41-40-32-13-16-34(17-14-32)45-35-18-20-36(21-19-35)47-28-9-5-3-2-4-8-27-46;1-23-22-26(34(19-7-18-31)20-21-36-30(35)24-8-5-6-9-24)14-17-29(23)33-32-25-12-15-28(16-13-25)37-27-10-3-2-4-11-27;2*1-2-4-5-3-1;2*1-7(2,3,4,5)6;;;/h6-7,11-22,29,43,46H,2-5,8-10,24-28H2,1H3;2-6,8-17,22,35H,7,19-21H2,1H3;2*1-5H;;;;;/q;;4*-1;3*+2/p-2. The van der Waals surface area contributed by atoms with Gasteiger partial charge in [-0.05, 0) is 182 Å². The number of para-hydroxylation sites is 1. The summed E-state index contributed by atoms with van der Waals surface area (Å²) in [6, 6.07) is 68.9. The van der Waals surface area contributed by atoms with Crippen LogP contribution in [-0.2, 0) is 60.7 Å². The molecule has 0 fully saturated rings. The van der Waals surface area contributed by atoms with E-state index in [-0.39, 0.29) is 76.3 Å². The number of nitrogens with zero attached hydrogens (tertiary/aromatic N) is 8. The Hall–Kier alpha value is -8.68. The van der Waals surface area contributed by atoms with Gasteiger partial charge in [-0.15, -0.1) is 11.8 Å². The first-order valence-corrected chi connectivity index (χ1v) is 39.2. The zero-order valence-electron chi connectivity index (χ0n) is 59.9. The Labute approximate surface area is 680 Å². The molecule has 0 amide bonds.